The topological polar surface area (TPSA) is 20.3 Å². The Balaban J connectivity index is 2.54. The van der Waals surface area contributed by atoms with Crippen molar-refractivity contribution in [3.8, 4) is 0 Å². The van der Waals surface area contributed by atoms with Crippen LogP contribution in [-0.2, 0) is 0 Å². The molecule has 0 heterocycles. The lowest BCUT2D eigenvalue weighted by molar-refractivity contribution is 0.0964. The number of carbonyl (C=O) groups excluding carboxylic acids is 1. The van der Waals surface area contributed by atoms with Crippen molar-refractivity contribution in [3.63, 3.8) is 0 Å². The van der Waals surface area contributed by atoms with Gasteiger partial charge in [-0.15, -0.1) is 0 Å². The minimum atomic E-state index is -0.707. The molecule has 1 aromatic carbocycles. The van der Waals surface area contributed by atoms with Crippen LogP contribution >= 0.6 is 0 Å². The first-order chi connectivity index (χ1) is 9.06. The van der Waals surface area contributed by atoms with Crippen LogP contribution in [0.5, 0.6) is 0 Å². The van der Waals surface area contributed by atoms with Crippen LogP contribution < -0.4 is 0 Å². The second-order valence-electron chi connectivity index (χ2n) is 4.62. The fourth-order valence-corrected chi connectivity index (χ4v) is 1.93. The number of carbonyl (C=O) groups is 1. The molecule has 0 saturated heterocycles. The summed E-state index contributed by atoms with van der Waals surface area (Å²) in [4.78, 5) is 14.1. The van der Waals surface area contributed by atoms with Crippen LogP contribution in [0.15, 0.2) is 18.2 Å². The molecule has 0 aliphatic carbocycles. The Morgan fingerprint density at radius 2 is 1.74 bits per heavy atom. The largest absolute Gasteiger partial charge is 0.303 e. The number of hydrogen-bond acceptors (Lipinski definition) is 2. The Kier molecular flexibility index (Phi) is 6.64. The van der Waals surface area contributed by atoms with Gasteiger partial charge in [0.15, 0.2) is 5.78 Å². The van der Waals surface area contributed by atoms with Crippen LogP contribution in [0.2, 0.25) is 0 Å². The third-order valence-corrected chi connectivity index (χ3v) is 3.11. The van der Waals surface area contributed by atoms with E-state index >= 15 is 0 Å². The molecule has 0 aromatic heterocycles. The fraction of sp³-hybridized carbons (Fsp3) is 0.533. The van der Waals surface area contributed by atoms with Gasteiger partial charge in [-0.25, -0.2) is 8.78 Å². The molecular weight excluding hydrogens is 248 g/mol. The molecule has 19 heavy (non-hydrogen) atoms. The number of halogens is 2. The van der Waals surface area contributed by atoms with Crippen LogP contribution in [0.1, 0.15) is 43.5 Å². The molecule has 0 atom stereocenters. The molecule has 1 aromatic rings. The zero-order chi connectivity index (χ0) is 14.3. The molecule has 1 rings (SSSR count). The van der Waals surface area contributed by atoms with Crippen molar-refractivity contribution in [1.82, 2.24) is 4.90 Å². The average molecular weight is 269 g/mol. The van der Waals surface area contributed by atoms with Crippen molar-refractivity contribution in [2.75, 3.05) is 19.6 Å². The first kappa shape index (κ1) is 15.8. The van der Waals surface area contributed by atoms with Crippen LogP contribution in [0.25, 0.3) is 0 Å². The van der Waals surface area contributed by atoms with Crippen molar-refractivity contribution in [2.45, 2.75) is 33.1 Å². The molecule has 0 aliphatic heterocycles. The van der Waals surface area contributed by atoms with Gasteiger partial charge >= 0.3 is 0 Å². The van der Waals surface area contributed by atoms with Gasteiger partial charge in [-0.3, -0.25) is 4.79 Å². The summed E-state index contributed by atoms with van der Waals surface area (Å²) in [5.74, 6) is -1.63. The molecule has 0 amide bonds. The maximum absolute atomic E-state index is 13.0. The van der Waals surface area contributed by atoms with Gasteiger partial charge in [-0.05, 0) is 31.6 Å². The van der Waals surface area contributed by atoms with Gasteiger partial charge in [0, 0.05) is 24.6 Å². The summed E-state index contributed by atoms with van der Waals surface area (Å²) in [5, 5.41) is 0. The van der Waals surface area contributed by atoms with E-state index in [4.69, 9.17) is 0 Å². The first-order valence-corrected chi connectivity index (χ1v) is 6.78. The zero-order valence-electron chi connectivity index (χ0n) is 11.6. The third-order valence-electron chi connectivity index (χ3n) is 3.11. The van der Waals surface area contributed by atoms with Crippen LogP contribution in [0.4, 0.5) is 8.78 Å². The molecule has 0 saturated carbocycles. The highest BCUT2D eigenvalue weighted by molar-refractivity contribution is 5.96. The second-order valence-corrected chi connectivity index (χ2v) is 4.62. The van der Waals surface area contributed by atoms with E-state index in [1.54, 1.807) is 0 Å². The maximum atomic E-state index is 13.0. The van der Waals surface area contributed by atoms with E-state index in [1.165, 1.54) is 0 Å². The Bertz CT molecular complexity index is 400. The zero-order valence-corrected chi connectivity index (χ0v) is 11.6. The van der Waals surface area contributed by atoms with Gasteiger partial charge in [0.25, 0.3) is 0 Å². The number of Topliss-reactive ketones (excluding diaryl/α,β-unsaturated/α-hetero) is 1. The van der Waals surface area contributed by atoms with Gasteiger partial charge in [0.05, 0.1) is 0 Å². The van der Waals surface area contributed by atoms with E-state index in [1.807, 2.05) is 6.92 Å². The predicted molar refractivity (Wildman–Crippen MR) is 72.3 cm³/mol. The van der Waals surface area contributed by atoms with E-state index in [0.717, 1.165) is 44.1 Å². The smallest absolute Gasteiger partial charge is 0.164 e. The molecule has 106 valence electrons. The lowest BCUT2D eigenvalue weighted by atomic mass is 10.1. The number of hydrogen-bond donors (Lipinski definition) is 0. The van der Waals surface area contributed by atoms with E-state index < -0.39 is 11.6 Å². The van der Waals surface area contributed by atoms with Gasteiger partial charge in [0.1, 0.15) is 11.6 Å². The molecule has 0 N–H and O–H groups in total. The second kappa shape index (κ2) is 8.00. The highest BCUT2D eigenvalue weighted by atomic mass is 19.1. The molecule has 4 heteroatoms. The summed E-state index contributed by atoms with van der Waals surface area (Å²) in [6, 6.07) is 2.96. The molecule has 0 aliphatic rings. The van der Waals surface area contributed by atoms with Gasteiger partial charge in [0.2, 0.25) is 0 Å². The molecule has 2 nitrogen and oxygen atoms in total. The van der Waals surface area contributed by atoms with Crippen molar-refractivity contribution >= 4 is 5.78 Å². The average Bonchev–Trinajstić information content (AvgIpc) is 2.37. The van der Waals surface area contributed by atoms with E-state index in [2.05, 4.69) is 11.8 Å². The van der Waals surface area contributed by atoms with Crippen molar-refractivity contribution < 1.29 is 13.6 Å². The van der Waals surface area contributed by atoms with Crippen LogP contribution in [-0.4, -0.2) is 30.3 Å². The standard InChI is InChI=1S/C15H21F2NO/c1-3-5-7-18(4-2)8-6-15(19)12-9-13(16)11-14(17)10-12/h9-11H,3-8H2,1-2H3. The fourth-order valence-electron chi connectivity index (χ4n) is 1.93. The molecule has 0 bridgehead atoms. The highest BCUT2D eigenvalue weighted by Crippen LogP contribution is 2.10. The lowest BCUT2D eigenvalue weighted by Gasteiger charge is -2.19. The van der Waals surface area contributed by atoms with Crippen molar-refractivity contribution in [2.24, 2.45) is 0 Å². The number of unbranched alkanes of at least 4 members (excludes halogenated alkanes) is 1. The van der Waals surface area contributed by atoms with Crippen molar-refractivity contribution in [3.05, 3.63) is 35.4 Å². The van der Waals surface area contributed by atoms with Gasteiger partial charge in [-0.1, -0.05) is 20.3 Å². The maximum Gasteiger partial charge on any atom is 0.164 e. The van der Waals surface area contributed by atoms with E-state index in [9.17, 15) is 13.6 Å². The highest BCUT2D eigenvalue weighted by Gasteiger charge is 2.11. The Hall–Kier alpha value is -1.29. The summed E-state index contributed by atoms with van der Waals surface area (Å²) in [6.45, 7) is 6.63. The van der Waals surface area contributed by atoms with Crippen LogP contribution in [0.3, 0.4) is 0 Å². The normalized spacial score (nSPS) is 11.0. The monoisotopic (exact) mass is 269 g/mol. The van der Waals surface area contributed by atoms with Gasteiger partial charge < -0.3 is 4.90 Å². The Labute approximate surface area is 113 Å². The SMILES string of the molecule is CCCCN(CC)CCC(=O)c1cc(F)cc(F)c1. The van der Waals surface area contributed by atoms with Crippen LogP contribution in [0, 0.1) is 11.6 Å². The Morgan fingerprint density at radius 1 is 1.11 bits per heavy atom. The minimum Gasteiger partial charge on any atom is -0.303 e. The summed E-state index contributed by atoms with van der Waals surface area (Å²) in [6.07, 6.45) is 2.50. The summed E-state index contributed by atoms with van der Waals surface area (Å²) < 4.78 is 26.0. The molecule has 0 spiro atoms. The molecule has 0 unspecified atom stereocenters. The number of rotatable bonds is 8. The van der Waals surface area contributed by atoms with Gasteiger partial charge in [-0.2, -0.15) is 0 Å². The predicted octanol–water partition coefficient (Wildman–Crippen LogP) is 3.66. The molecular formula is C15H21F2NO. The number of benzene rings is 1. The minimum absolute atomic E-state index is 0.115. The number of ketones is 1. The summed E-state index contributed by atoms with van der Waals surface area (Å²) in [7, 11) is 0. The third kappa shape index (κ3) is 5.47. The first-order valence-electron chi connectivity index (χ1n) is 6.78. The Morgan fingerprint density at radius 3 is 2.26 bits per heavy atom. The number of nitrogens with zero attached hydrogens (tertiary/aromatic N) is 1. The lowest BCUT2D eigenvalue weighted by Crippen LogP contribution is -2.27. The van der Waals surface area contributed by atoms with Crippen molar-refractivity contribution in [1.29, 1.82) is 0 Å². The molecule has 0 fully saturated rings. The molecule has 0 radical (unpaired) electrons. The van der Waals surface area contributed by atoms with E-state index in [0.29, 0.717) is 13.0 Å². The summed E-state index contributed by atoms with van der Waals surface area (Å²) in [5.41, 5.74) is 0.115. The van der Waals surface area contributed by atoms with E-state index in [-0.39, 0.29) is 11.3 Å². The summed E-state index contributed by atoms with van der Waals surface area (Å²) >= 11 is 0. The quantitative estimate of drug-likeness (QED) is 0.671.